The van der Waals surface area contributed by atoms with Crippen molar-refractivity contribution in [3.8, 4) is 6.07 Å². The van der Waals surface area contributed by atoms with Crippen LogP contribution in [0, 0.1) is 29.0 Å². The van der Waals surface area contributed by atoms with Crippen LogP contribution in [-0.2, 0) is 0 Å². The molecule has 17 heavy (non-hydrogen) atoms. The van der Waals surface area contributed by atoms with Gasteiger partial charge in [-0.05, 0) is 55.7 Å². The molecule has 1 N–H and O–H groups in total. The molecule has 3 atom stereocenters. The normalized spacial score (nSPS) is 34.6. The highest BCUT2D eigenvalue weighted by molar-refractivity contribution is 5.49. The van der Waals surface area contributed by atoms with Gasteiger partial charge in [0.2, 0.25) is 0 Å². The smallest absolute Gasteiger partial charge is 0.128 e. The molecule has 1 aromatic carbocycles. The second-order valence-corrected chi connectivity index (χ2v) is 5.30. The van der Waals surface area contributed by atoms with E-state index in [-0.39, 0.29) is 5.82 Å². The highest BCUT2D eigenvalue weighted by Crippen LogP contribution is 2.51. The first-order chi connectivity index (χ1) is 8.22. The fourth-order valence-electron chi connectivity index (χ4n) is 3.47. The number of nitriles is 1. The number of fused-ring (bicyclic) bond motifs is 2. The van der Waals surface area contributed by atoms with Gasteiger partial charge in [0, 0.05) is 5.69 Å². The lowest BCUT2D eigenvalue weighted by Gasteiger charge is -2.32. The van der Waals surface area contributed by atoms with Gasteiger partial charge in [-0.15, -0.1) is 0 Å². The lowest BCUT2D eigenvalue weighted by molar-refractivity contribution is 0.368. The first-order valence-electron chi connectivity index (χ1n) is 6.17. The van der Waals surface area contributed by atoms with Gasteiger partial charge in [-0.2, -0.15) is 5.26 Å². The van der Waals surface area contributed by atoms with Crippen LogP contribution in [0.25, 0.3) is 0 Å². The zero-order chi connectivity index (χ0) is 11.9. The maximum absolute atomic E-state index is 13.1. The quantitative estimate of drug-likeness (QED) is 0.846. The largest absolute Gasteiger partial charge is 0.367 e. The van der Waals surface area contributed by atoms with Gasteiger partial charge in [0.15, 0.2) is 0 Å². The fraction of sp³-hybridized carbons (Fsp3) is 0.500. The van der Waals surface area contributed by atoms with Gasteiger partial charge >= 0.3 is 0 Å². The minimum atomic E-state index is -0.462. The summed E-state index contributed by atoms with van der Waals surface area (Å²) >= 11 is 0. The van der Waals surface area contributed by atoms with Crippen LogP contribution in [-0.4, -0.2) is 5.54 Å². The van der Waals surface area contributed by atoms with Crippen LogP contribution in [0.15, 0.2) is 24.3 Å². The van der Waals surface area contributed by atoms with Crippen LogP contribution in [0.4, 0.5) is 10.1 Å². The van der Waals surface area contributed by atoms with E-state index in [9.17, 15) is 9.65 Å². The number of rotatable bonds is 2. The van der Waals surface area contributed by atoms with E-state index in [0.717, 1.165) is 24.9 Å². The van der Waals surface area contributed by atoms with Gasteiger partial charge in [0.25, 0.3) is 0 Å². The summed E-state index contributed by atoms with van der Waals surface area (Å²) in [5.41, 5.74) is 0.260. The Morgan fingerprint density at radius 2 is 2.29 bits per heavy atom. The van der Waals surface area contributed by atoms with E-state index in [1.807, 2.05) is 6.07 Å². The van der Waals surface area contributed by atoms with Crippen molar-refractivity contribution < 1.29 is 4.39 Å². The van der Waals surface area contributed by atoms with E-state index < -0.39 is 5.54 Å². The Morgan fingerprint density at radius 1 is 1.41 bits per heavy atom. The molecule has 0 aromatic heterocycles. The van der Waals surface area contributed by atoms with Crippen molar-refractivity contribution in [1.82, 2.24) is 0 Å². The second-order valence-electron chi connectivity index (χ2n) is 5.30. The molecule has 3 unspecified atom stereocenters. The molecule has 1 aromatic rings. The molecule has 0 aliphatic heterocycles. The van der Waals surface area contributed by atoms with Gasteiger partial charge in [-0.3, -0.25) is 0 Å². The molecular formula is C14H15FN2. The van der Waals surface area contributed by atoms with Crippen molar-refractivity contribution in [3.63, 3.8) is 0 Å². The van der Waals surface area contributed by atoms with Crippen LogP contribution in [0.3, 0.4) is 0 Å². The minimum Gasteiger partial charge on any atom is -0.367 e. The number of halogens is 1. The minimum absolute atomic E-state index is 0.258. The number of nitrogens with zero attached hydrogens (tertiary/aromatic N) is 1. The third-order valence-corrected chi connectivity index (χ3v) is 4.24. The number of nitrogens with one attached hydrogen (secondary N) is 1. The Balaban J connectivity index is 1.86. The van der Waals surface area contributed by atoms with Crippen molar-refractivity contribution in [3.05, 3.63) is 30.1 Å². The summed E-state index contributed by atoms with van der Waals surface area (Å²) in [4.78, 5) is 0. The lowest BCUT2D eigenvalue weighted by Crippen LogP contribution is -2.41. The molecule has 2 saturated carbocycles. The highest BCUT2D eigenvalue weighted by Gasteiger charge is 2.51. The molecule has 0 radical (unpaired) electrons. The van der Waals surface area contributed by atoms with Crippen molar-refractivity contribution in [2.24, 2.45) is 11.8 Å². The zero-order valence-corrected chi connectivity index (χ0v) is 9.62. The fourth-order valence-corrected chi connectivity index (χ4v) is 3.47. The summed E-state index contributed by atoms with van der Waals surface area (Å²) in [5.74, 6) is 0.854. The molecule has 0 spiro atoms. The van der Waals surface area contributed by atoms with E-state index in [4.69, 9.17) is 0 Å². The Labute approximate surface area is 100 Å². The van der Waals surface area contributed by atoms with Crippen molar-refractivity contribution >= 4 is 5.69 Å². The van der Waals surface area contributed by atoms with Gasteiger partial charge in [0.05, 0.1) is 6.07 Å². The van der Waals surface area contributed by atoms with Crippen LogP contribution >= 0.6 is 0 Å². The van der Waals surface area contributed by atoms with E-state index >= 15 is 0 Å². The lowest BCUT2D eigenvalue weighted by atomic mass is 9.82. The molecule has 0 heterocycles. The predicted octanol–water partition coefficient (Wildman–Crippen LogP) is 3.32. The summed E-state index contributed by atoms with van der Waals surface area (Å²) in [6.45, 7) is 0. The topological polar surface area (TPSA) is 35.8 Å². The number of anilines is 1. The molecule has 88 valence electrons. The van der Waals surface area contributed by atoms with Gasteiger partial charge < -0.3 is 5.32 Å². The molecule has 2 bridgehead atoms. The first kappa shape index (κ1) is 10.6. The van der Waals surface area contributed by atoms with Crippen LogP contribution < -0.4 is 5.32 Å². The Hall–Kier alpha value is -1.56. The predicted molar refractivity (Wildman–Crippen MR) is 63.8 cm³/mol. The third-order valence-electron chi connectivity index (χ3n) is 4.24. The SMILES string of the molecule is N#CC1(Nc2cccc(F)c2)CC2CCC1C2. The Morgan fingerprint density at radius 3 is 2.88 bits per heavy atom. The molecule has 2 aliphatic carbocycles. The Kier molecular flexibility index (Phi) is 2.32. The van der Waals surface area contributed by atoms with Crippen molar-refractivity contribution in [2.75, 3.05) is 5.32 Å². The highest BCUT2D eigenvalue weighted by atomic mass is 19.1. The number of hydrogen-bond acceptors (Lipinski definition) is 2. The standard InChI is InChI=1S/C14H15FN2/c15-12-2-1-3-13(7-12)17-14(9-16)8-10-4-5-11(14)6-10/h1-3,7,10-11,17H,4-6,8H2. The van der Waals surface area contributed by atoms with Gasteiger partial charge in [-0.1, -0.05) is 6.07 Å². The zero-order valence-electron chi connectivity index (χ0n) is 9.62. The summed E-state index contributed by atoms with van der Waals surface area (Å²) < 4.78 is 13.1. The van der Waals surface area contributed by atoms with E-state index in [0.29, 0.717) is 11.8 Å². The van der Waals surface area contributed by atoms with Crippen molar-refractivity contribution in [2.45, 2.75) is 31.2 Å². The summed E-state index contributed by atoms with van der Waals surface area (Å²) in [6.07, 6.45) is 4.43. The third kappa shape index (κ3) is 1.68. The second kappa shape index (κ2) is 3.73. The van der Waals surface area contributed by atoms with Crippen LogP contribution in [0.2, 0.25) is 0 Å². The molecule has 2 aliphatic rings. The van der Waals surface area contributed by atoms with E-state index in [1.165, 1.54) is 18.6 Å². The van der Waals surface area contributed by atoms with Gasteiger partial charge in [-0.25, -0.2) is 4.39 Å². The maximum Gasteiger partial charge on any atom is 0.128 e. The Bertz CT molecular complexity index is 479. The summed E-state index contributed by atoms with van der Waals surface area (Å²) in [7, 11) is 0. The van der Waals surface area contributed by atoms with Crippen LogP contribution in [0.5, 0.6) is 0 Å². The average Bonchev–Trinajstić information content (AvgIpc) is 2.89. The molecule has 2 nitrogen and oxygen atoms in total. The molecule has 0 saturated heterocycles. The van der Waals surface area contributed by atoms with E-state index in [2.05, 4.69) is 11.4 Å². The molecule has 0 amide bonds. The number of hydrogen-bond donors (Lipinski definition) is 1. The van der Waals surface area contributed by atoms with Crippen molar-refractivity contribution in [1.29, 1.82) is 5.26 Å². The monoisotopic (exact) mass is 230 g/mol. The molecule has 3 heteroatoms. The average molecular weight is 230 g/mol. The maximum atomic E-state index is 13.1. The molecule has 3 rings (SSSR count). The van der Waals surface area contributed by atoms with Gasteiger partial charge in [0.1, 0.15) is 11.4 Å². The molecule has 2 fully saturated rings. The summed E-state index contributed by atoms with van der Waals surface area (Å²) in [6, 6.07) is 8.83. The summed E-state index contributed by atoms with van der Waals surface area (Å²) in [5, 5.41) is 12.7. The molecular weight excluding hydrogens is 215 g/mol. The first-order valence-corrected chi connectivity index (χ1v) is 6.17. The van der Waals surface area contributed by atoms with E-state index in [1.54, 1.807) is 6.07 Å². The number of benzene rings is 1. The van der Waals surface area contributed by atoms with Crippen LogP contribution in [0.1, 0.15) is 25.7 Å².